The number of primary amides is 1. The summed E-state index contributed by atoms with van der Waals surface area (Å²) in [4.78, 5) is 35.8. The highest BCUT2D eigenvalue weighted by molar-refractivity contribution is 6.74. The molecular formula is C24H38F3N5O5Si. The van der Waals surface area contributed by atoms with E-state index in [1.54, 1.807) is 11.8 Å². The summed E-state index contributed by atoms with van der Waals surface area (Å²) in [6.07, 6.45) is -4.49. The number of carbonyl (C=O) groups is 2. The van der Waals surface area contributed by atoms with E-state index in [0.717, 1.165) is 12.4 Å². The van der Waals surface area contributed by atoms with E-state index in [0.29, 0.717) is 32.5 Å². The van der Waals surface area contributed by atoms with Crippen LogP contribution in [-0.4, -0.2) is 85.8 Å². The Labute approximate surface area is 222 Å². The van der Waals surface area contributed by atoms with E-state index < -0.39 is 44.5 Å². The number of ether oxygens (including phenoxy) is 2. The molecule has 2 aliphatic heterocycles. The number of nitrogens with two attached hydrogens (primary N) is 1. The smallest absolute Gasteiger partial charge is 0.419 e. The lowest BCUT2D eigenvalue weighted by atomic mass is 10.0. The number of nitrogens with zero attached hydrogens (tertiary/aromatic N) is 4. The first-order valence-corrected chi connectivity index (χ1v) is 15.6. The minimum absolute atomic E-state index is 0.0424. The zero-order chi connectivity index (χ0) is 28.5. The van der Waals surface area contributed by atoms with Crippen molar-refractivity contribution < 1.29 is 36.7 Å². The zero-order valence-electron chi connectivity index (χ0n) is 22.7. The topological polar surface area (TPSA) is 120 Å². The molecule has 0 aliphatic carbocycles. The molecule has 0 spiro atoms. The van der Waals surface area contributed by atoms with Gasteiger partial charge in [0.15, 0.2) is 8.32 Å². The lowest BCUT2D eigenvalue weighted by Gasteiger charge is -2.47. The molecule has 2 aliphatic rings. The second-order valence-electron chi connectivity index (χ2n) is 11.4. The van der Waals surface area contributed by atoms with Crippen molar-refractivity contribution in [2.24, 2.45) is 5.73 Å². The molecule has 2 N–H and O–H groups in total. The summed E-state index contributed by atoms with van der Waals surface area (Å²) < 4.78 is 56.3. The van der Waals surface area contributed by atoms with Crippen LogP contribution in [0.3, 0.4) is 0 Å². The molecule has 0 aromatic carbocycles. The number of piperidine rings is 1. The quantitative estimate of drug-likeness (QED) is 0.479. The predicted molar refractivity (Wildman–Crippen MR) is 136 cm³/mol. The van der Waals surface area contributed by atoms with Crippen LogP contribution in [0, 0.1) is 0 Å². The Balaban J connectivity index is 1.76. The second kappa shape index (κ2) is 11.3. The molecule has 0 radical (unpaired) electrons. The first-order valence-electron chi connectivity index (χ1n) is 12.7. The van der Waals surface area contributed by atoms with Crippen LogP contribution in [0.4, 0.5) is 23.9 Å². The number of rotatable bonds is 8. The summed E-state index contributed by atoms with van der Waals surface area (Å²) in [6, 6.07) is -0.241. The minimum Gasteiger partial charge on any atom is -0.444 e. The van der Waals surface area contributed by atoms with Gasteiger partial charge in [-0.05, 0) is 31.5 Å². The van der Waals surface area contributed by atoms with Gasteiger partial charge < -0.3 is 29.4 Å². The van der Waals surface area contributed by atoms with E-state index in [4.69, 9.17) is 19.6 Å². The van der Waals surface area contributed by atoms with Crippen molar-refractivity contribution >= 4 is 26.3 Å². The van der Waals surface area contributed by atoms with Crippen LogP contribution in [-0.2, 0) is 24.9 Å². The van der Waals surface area contributed by atoms with Crippen molar-refractivity contribution in [1.29, 1.82) is 0 Å². The molecule has 3 heterocycles. The number of hydrogen-bond acceptors (Lipinski definition) is 8. The molecule has 0 saturated carbocycles. The fourth-order valence-corrected chi connectivity index (χ4v) is 5.73. The molecule has 2 saturated heterocycles. The number of likely N-dealkylation sites (tertiary alicyclic amines) is 1. The molecule has 14 heteroatoms. The highest BCUT2D eigenvalue weighted by Crippen LogP contribution is 2.39. The van der Waals surface area contributed by atoms with E-state index in [-0.39, 0.29) is 29.5 Å². The van der Waals surface area contributed by atoms with Crippen LogP contribution in [0.15, 0.2) is 12.4 Å². The van der Waals surface area contributed by atoms with Crippen LogP contribution in [0.5, 0.6) is 0 Å². The van der Waals surface area contributed by atoms with Gasteiger partial charge >= 0.3 is 12.3 Å². The molecule has 4 atom stereocenters. The maximum Gasteiger partial charge on any atom is 0.419 e. The third-order valence-corrected chi connectivity index (χ3v) is 12.0. The van der Waals surface area contributed by atoms with Crippen molar-refractivity contribution in [2.75, 3.05) is 31.1 Å². The van der Waals surface area contributed by atoms with Gasteiger partial charge in [0.1, 0.15) is 12.2 Å². The molecule has 2 fully saturated rings. The van der Waals surface area contributed by atoms with Crippen LogP contribution in [0.1, 0.15) is 46.1 Å². The van der Waals surface area contributed by atoms with Crippen molar-refractivity contribution in [3.05, 3.63) is 18.0 Å². The SMILES string of the molecule is CC(COC1CCN([C@H]2CCN(c3ncc(C(F)(F)F)cn3)C[C@@H]2O[Si](C)(C)C(C)(C)C)C1=O)OC(N)=O. The normalized spacial score (nSPS) is 24.0. The average molecular weight is 562 g/mol. The summed E-state index contributed by atoms with van der Waals surface area (Å²) >= 11 is 0. The third-order valence-electron chi connectivity index (χ3n) is 7.47. The molecule has 0 bridgehead atoms. The zero-order valence-corrected chi connectivity index (χ0v) is 23.7. The van der Waals surface area contributed by atoms with Gasteiger partial charge in [0.05, 0.1) is 24.3 Å². The van der Waals surface area contributed by atoms with Gasteiger partial charge in [0.2, 0.25) is 5.95 Å². The van der Waals surface area contributed by atoms with E-state index >= 15 is 0 Å². The fourth-order valence-electron chi connectivity index (χ4n) is 4.39. The molecule has 2 unspecified atom stereocenters. The summed E-state index contributed by atoms with van der Waals surface area (Å²) in [5, 5.41) is -0.0953. The lowest BCUT2D eigenvalue weighted by Crippen LogP contribution is -2.60. The van der Waals surface area contributed by atoms with Crippen molar-refractivity contribution in [3.63, 3.8) is 0 Å². The molecular weight excluding hydrogens is 523 g/mol. The Bertz CT molecular complexity index is 989. The highest BCUT2D eigenvalue weighted by Gasteiger charge is 2.47. The molecule has 1 aromatic heterocycles. The monoisotopic (exact) mass is 561 g/mol. The van der Waals surface area contributed by atoms with Crippen molar-refractivity contribution in [3.8, 4) is 0 Å². The Kier molecular flexibility index (Phi) is 8.98. The third kappa shape index (κ3) is 7.14. The Morgan fingerprint density at radius 2 is 1.82 bits per heavy atom. The number of hydrogen-bond donors (Lipinski definition) is 1. The molecule has 38 heavy (non-hydrogen) atoms. The van der Waals surface area contributed by atoms with Gasteiger partial charge in [-0.2, -0.15) is 13.2 Å². The Morgan fingerprint density at radius 1 is 1.18 bits per heavy atom. The summed E-state index contributed by atoms with van der Waals surface area (Å²) in [6.45, 7) is 13.5. The van der Waals surface area contributed by atoms with Gasteiger partial charge in [-0.3, -0.25) is 4.79 Å². The van der Waals surface area contributed by atoms with E-state index in [1.807, 2.05) is 4.90 Å². The van der Waals surface area contributed by atoms with Gasteiger partial charge in [-0.15, -0.1) is 0 Å². The van der Waals surface area contributed by atoms with Gasteiger partial charge in [-0.25, -0.2) is 14.8 Å². The Morgan fingerprint density at radius 3 is 2.37 bits per heavy atom. The number of alkyl halides is 3. The van der Waals surface area contributed by atoms with E-state index in [9.17, 15) is 22.8 Å². The van der Waals surface area contributed by atoms with Gasteiger partial charge in [-0.1, -0.05) is 20.8 Å². The summed E-state index contributed by atoms with van der Waals surface area (Å²) in [7, 11) is -2.28. The minimum atomic E-state index is -4.52. The van der Waals surface area contributed by atoms with Crippen LogP contribution >= 0.6 is 0 Å². The number of carbonyl (C=O) groups excluding carboxylic acids is 2. The first kappa shape index (κ1) is 30.1. The predicted octanol–water partition coefficient (Wildman–Crippen LogP) is 3.57. The number of amides is 2. The van der Waals surface area contributed by atoms with Crippen LogP contribution in [0.2, 0.25) is 18.1 Å². The van der Waals surface area contributed by atoms with Crippen molar-refractivity contribution in [2.45, 2.75) is 89.2 Å². The Hall–Kier alpha value is -2.45. The number of anilines is 1. The molecule has 214 valence electrons. The maximum atomic E-state index is 13.3. The molecule has 1 aromatic rings. The lowest BCUT2D eigenvalue weighted by molar-refractivity contribution is -0.142. The standard InChI is InChI=1S/C24H38F3N5O5Si/c1-15(36-21(28)34)14-35-18-8-10-32(20(18)33)17-7-9-31(13-19(17)37-38(5,6)23(2,3)4)22-29-11-16(12-30-22)24(25,26)27/h11-12,15,17-19H,7-10,13-14H2,1-6H3,(H2,28,34)/t15?,17-,18?,19-/m0/s1. The molecule has 3 rings (SSSR count). The summed E-state index contributed by atoms with van der Waals surface area (Å²) in [5.41, 5.74) is 4.13. The molecule has 10 nitrogen and oxygen atoms in total. The van der Waals surface area contributed by atoms with E-state index in [2.05, 4.69) is 43.8 Å². The number of halogens is 3. The van der Waals surface area contributed by atoms with Crippen molar-refractivity contribution in [1.82, 2.24) is 14.9 Å². The van der Waals surface area contributed by atoms with Crippen LogP contribution in [0.25, 0.3) is 0 Å². The summed E-state index contributed by atoms with van der Waals surface area (Å²) in [5.74, 6) is 0.0296. The van der Waals surface area contributed by atoms with Crippen LogP contribution < -0.4 is 10.6 Å². The molecule has 2 amide bonds. The first-order chi connectivity index (χ1) is 17.5. The highest BCUT2D eigenvalue weighted by atomic mass is 28.4. The largest absolute Gasteiger partial charge is 0.444 e. The average Bonchev–Trinajstić information content (AvgIpc) is 3.15. The van der Waals surface area contributed by atoms with E-state index in [1.165, 1.54) is 0 Å². The van der Waals surface area contributed by atoms with Gasteiger partial charge in [0.25, 0.3) is 5.91 Å². The van der Waals surface area contributed by atoms with Gasteiger partial charge in [0, 0.05) is 38.4 Å². The second-order valence-corrected chi connectivity index (χ2v) is 16.1. The number of aromatic nitrogens is 2. The maximum absolute atomic E-state index is 13.3. The fraction of sp³-hybridized carbons (Fsp3) is 0.750.